The van der Waals surface area contributed by atoms with Crippen LogP contribution in [0.25, 0.3) is 0 Å². The maximum atomic E-state index is 12.4. The molecule has 0 aromatic heterocycles. The summed E-state index contributed by atoms with van der Waals surface area (Å²) in [5, 5.41) is 0.143. The summed E-state index contributed by atoms with van der Waals surface area (Å²) in [6.45, 7) is 0.207. The first-order valence-electron chi connectivity index (χ1n) is 9.64. The van der Waals surface area contributed by atoms with Gasteiger partial charge in [-0.25, -0.2) is 0 Å². The van der Waals surface area contributed by atoms with Crippen LogP contribution in [0.4, 0.5) is 5.69 Å². The van der Waals surface area contributed by atoms with Gasteiger partial charge in [0.05, 0.1) is 17.5 Å². The third-order valence-corrected chi connectivity index (χ3v) is 5.90. The number of benzene rings is 3. The molecule has 0 spiro atoms. The van der Waals surface area contributed by atoms with Crippen molar-refractivity contribution in [3.8, 4) is 0 Å². The maximum absolute atomic E-state index is 12.4. The molecule has 0 fully saturated rings. The molecular weight excluding hydrogens is 376 g/mol. The molecule has 0 heterocycles. The number of ketones is 1. The Labute approximate surface area is 177 Å². The van der Waals surface area contributed by atoms with E-state index in [1.807, 2.05) is 74.8 Å². The Hall–Kier alpha value is -2.85. The van der Waals surface area contributed by atoms with Crippen LogP contribution in [0, 0.1) is 0 Å². The minimum absolute atomic E-state index is 0.132. The van der Waals surface area contributed by atoms with Crippen LogP contribution in [-0.2, 0) is 4.79 Å². The van der Waals surface area contributed by atoms with Crippen molar-refractivity contribution in [2.24, 2.45) is 4.99 Å². The lowest BCUT2D eigenvalue weighted by molar-refractivity contribution is -0.115. The summed E-state index contributed by atoms with van der Waals surface area (Å²) in [6, 6.07) is 28.8. The summed E-state index contributed by atoms with van der Waals surface area (Å²) in [6.07, 6.45) is 1.77. The van der Waals surface area contributed by atoms with Crippen molar-refractivity contribution >= 4 is 29.4 Å². The van der Waals surface area contributed by atoms with Gasteiger partial charge in [-0.05, 0) is 28.8 Å². The van der Waals surface area contributed by atoms with Gasteiger partial charge in [0.2, 0.25) is 0 Å². The fourth-order valence-corrected chi connectivity index (χ4v) is 4.12. The van der Waals surface area contributed by atoms with Crippen LogP contribution in [0.3, 0.4) is 0 Å². The van der Waals surface area contributed by atoms with Gasteiger partial charge in [-0.1, -0.05) is 72.8 Å². The molecule has 0 bridgehead atoms. The minimum atomic E-state index is 0.132. The molecule has 148 valence electrons. The fraction of sp³-hybridized carbons (Fsp3) is 0.200. The van der Waals surface area contributed by atoms with Crippen molar-refractivity contribution < 1.29 is 4.79 Å². The quantitative estimate of drug-likeness (QED) is 0.458. The number of nitrogens with zero attached hydrogens (tertiary/aromatic N) is 2. The van der Waals surface area contributed by atoms with Crippen LogP contribution in [0.15, 0.2) is 89.9 Å². The number of hydrogen-bond donors (Lipinski definition) is 0. The van der Waals surface area contributed by atoms with Gasteiger partial charge >= 0.3 is 0 Å². The van der Waals surface area contributed by atoms with Gasteiger partial charge in [0, 0.05) is 26.0 Å². The molecule has 3 nitrogen and oxygen atoms in total. The predicted octanol–water partition coefficient (Wildman–Crippen LogP) is 5.26. The molecule has 0 N–H and O–H groups in total. The molecule has 0 amide bonds. The fourth-order valence-electron chi connectivity index (χ4n) is 2.97. The molecule has 3 aromatic rings. The van der Waals surface area contributed by atoms with Crippen LogP contribution in [0.1, 0.15) is 21.9 Å². The van der Waals surface area contributed by atoms with E-state index in [0.717, 1.165) is 11.3 Å². The molecule has 3 aromatic carbocycles. The summed E-state index contributed by atoms with van der Waals surface area (Å²) < 4.78 is 0. The van der Waals surface area contributed by atoms with E-state index in [-0.39, 0.29) is 17.6 Å². The topological polar surface area (TPSA) is 32.7 Å². The first-order valence-corrected chi connectivity index (χ1v) is 10.7. The molecule has 29 heavy (non-hydrogen) atoms. The number of Topliss-reactive ketones (excluding diaryl/α,β-unsaturated/α-hetero) is 1. The van der Waals surface area contributed by atoms with Gasteiger partial charge in [0.15, 0.2) is 5.78 Å². The second kappa shape index (κ2) is 10.6. The zero-order chi connectivity index (χ0) is 20.5. The Balaban J connectivity index is 1.57. The zero-order valence-corrected chi connectivity index (χ0v) is 17.7. The Kier molecular flexibility index (Phi) is 7.65. The van der Waals surface area contributed by atoms with Crippen LogP contribution < -0.4 is 4.90 Å². The number of hydrogen-bond acceptors (Lipinski definition) is 4. The van der Waals surface area contributed by atoms with E-state index in [0.29, 0.717) is 5.75 Å². The van der Waals surface area contributed by atoms with Crippen molar-refractivity contribution in [2.75, 3.05) is 31.3 Å². The Morgan fingerprint density at radius 2 is 1.45 bits per heavy atom. The average Bonchev–Trinajstić information content (AvgIpc) is 2.76. The number of carbonyl (C=O) groups excluding carboxylic acids is 1. The number of rotatable bonds is 9. The highest BCUT2D eigenvalue weighted by Crippen LogP contribution is 2.35. The lowest BCUT2D eigenvalue weighted by Gasteiger charge is -2.17. The maximum Gasteiger partial charge on any atom is 0.164 e. The molecule has 0 atom stereocenters. The van der Waals surface area contributed by atoms with E-state index in [2.05, 4.69) is 34.2 Å². The first-order chi connectivity index (χ1) is 14.1. The Morgan fingerprint density at radius 1 is 0.897 bits per heavy atom. The number of aliphatic imine (C=N–C) groups is 1. The summed E-state index contributed by atoms with van der Waals surface area (Å²) >= 11 is 1.66. The number of thioether (sulfide) groups is 1. The smallest absolute Gasteiger partial charge is 0.164 e. The summed E-state index contributed by atoms with van der Waals surface area (Å²) in [5.74, 6) is 0.568. The molecule has 0 unspecified atom stereocenters. The lowest BCUT2D eigenvalue weighted by atomic mass is 10.0. The van der Waals surface area contributed by atoms with Crippen LogP contribution in [0.2, 0.25) is 0 Å². The van der Waals surface area contributed by atoms with Gasteiger partial charge in [0.25, 0.3) is 0 Å². The van der Waals surface area contributed by atoms with Crippen LogP contribution >= 0.6 is 11.8 Å². The van der Waals surface area contributed by atoms with Gasteiger partial charge in [0.1, 0.15) is 0 Å². The number of carbonyl (C=O) groups is 1. The second-order valence-corrected chi connectivity index (χ2v) is 8.10. The highest BCUT2D eigenvalue weighted by atomic mass is 32.2. The summed E-state index contributed by atoms with van der Waals surface area (Å²) in [4.78, 5) is 18.8. The van der Waals surface area contributed by atoms with Crippen molar-refractivity contribution in [2.45, 2.75) is 5.25 Å². The highest BCUT2D eigenvalue weighted by Gasteiger charge is 2.15. The second-order valence-electron chi connectivity index (χ2n) is 7.01. The molecule has 0 aliphatic rings. The standard InChI is InChI=1S/C25H26N2OS/c1-27(2)23-15-13-20(14-16-23)17-26-18-24(28)19-29-25(21-9-5-3-6-10-21)22-11-7-4-8-12-22/h3-17,25H,18-19H2,1-2H3. The van der Waals surface area contributed by atoms with Crippen molar-refractivity contribution in [1.82, 2.24) is 0 Å². The van der Waals surface area contributed by atoms with Crippen molar-refractivity contribution in [3.63, 3.8) is 0 Å². The molecule has 0 saturated carbocycles. The van der Waals surface area contributed by atoms with E-state index in [1.54, 1.807) is 18.0 Å². The molecule has 0 saturated heterocycles. The van der Waals surface area contributed by atoms with Gasteiger partial charge in [-0.15, -0.1) is 11.8 Å². The monoisotopic (exact) mass is 402 g/mol. The highest BCUT2D eigenvalue weighted by molar-refractivity contribution is 8.00. The van der Waals surface area contributed by atoms with E-state index in [1.165, 1.54) is 11.1 Å². The van der Waals surface area contributed by atoms with Crippen molar-refractivity contribution in [1.29, 1.82) is 0 Å². The average molecular weight is 403 g/mol. The number of anilines is 1. The van der Waals surface area contributed by atoms with E-state index >= 15 is 0 Å². The van der Waals surface area contributed by atoms with Gasteiger partial charge in [-0.2, -0.15) is 0 Å². The van der Waals surface area contributed by atoms with Gasteiger partial charge in [-0.3, -0.25) is 9.79 Å². The summed E-state index contributed by atoms with van der Waals surface area (Å²) in [7, 11) is 4.02. The molecule has 4 heteroatoms. The SMILES string of the molecule is CN(C)c1ccc(C=NCC(=O)CSC(c2ccccc2)c2ccccc2)cc1. The predicted molar refractivity (Wildman–Crippen MR) is 125 cm³/mol. The first kappa shape index (κ1) is 20.9. The molecular formula is C25H26N2OS. The summed E-state index contributed by atoms with van der Waals surface area (Å²) in [5.41, 5.74) is 4.56. The zero-order valence-electron chi connectivity index (χ0n) is 16.9. The van der Waals surface area contributed by atoms with Gasteiger partial charge < -0.3 is 4.90 Å². The van der Waals surface area contributed by atoms with E-state index < -0.39 is 0 Å². The molecule has 0 aliphatic heterocycles. The molecule has 3 rings (SSSR count). The van der Waals surface area contributed by atoms with E-state index in [9.17, 15) is 4.79 Å². The van der Waals surface area contributed by atoms with Crippen LogP contribution in [0.5, 0.6) is 0 Å². The Morgan fingerprint density at radius 3 is 1.97 bits per heavy atom. The Bertz CT molecular complexity index is 883. The van der Waals surface area contributed by atoms with Crippen LogP contribution in [-0.4, -0.2) is 38.4 Å². The van der Waals surface area contributed by atoms with E-state index in [4.69, 9.17) is 0 Å². The largest absolute Gasteiger partial charge is 0.378 e. The third kappa shape index (κ3) is 6.33. The lowest BCUT2D eigenvalue weighted by Crippen LogP contribution is -2.09. The third-order valence-electron chi connectivity index (χ3n) is 4.53. The minimum Gasteiger partial charge on any atom is -0.378 e. The molecule has 0 radical (unpaired) electrons. The molecule has 0 aliphatic carbocycles. The normalized spacial score (nSPS) is 11.1. The van der Waals surface area contributed by atoms with Crippen molar-refractivity contribution in [3.05, 3.63) is 102 Å².